The van der Waals surface area contributed by atoms with Gasteiger partial charge in [0.2, 0.25) is 0 Å². The fourth-order valence-corrected chi connectivity index (χ4v) is 9.30. The van der Waals surface area contributed by atoms with Crippen molar-refractivity contribution in [1.82, 2.24) is 4.90 Å². The molecule has 0 aliphatic carbocycles. The van der Waals surface area contributed by atoms with Crippen LogP contribution in [0.1, 0.15) is 272 Å². The van der Waals surface area contributed by atoms with Gasteiger partial charge in [-0.2, -0.15) is 0 Å². The van der Waals surface area contributed by atoms with E-state index in [1.54, 1.807) is 0 Å². The molecule has 6 heteroatoms. The van der Waals surface area contributed by atoms with Crippen molar-refractivity contribution >= 4 is 12.9 Å². The third kappa shape index (κ3) is 45.9. The summed E-state index contributed by atoms with van der Waals surface area (Å²) in [7, 11) is 0. The van der Waals surface area contributed by atoms with Crippen molar-refractivity contribution in [2.75, 3.05) is 32.8 Å². The molecule has 1 heterocycles. The van der Waals surface area contributed by atoms with Crippen LogP contribution in [0, 0.1) is 17.8 Å². The number of nitrogens with zero attached hydrogens (tertiary/aromatic N) is 1. The van der Waals surface area contributed by atoms with Crippen LogP contribution in [0.5, 0.6) is 0 Å². The quantitative estimate of drug-likeness (QED) is 0.0471. The molecule has 0 amide bonds. The SMILES string of the molecule is CCCCCC(CCCCC)CCCCCCCCCC(CCCCCCCCCC(CCCCC)CCCCC)CCCCCN1CCOCC1.O=CO.O=CO. The van der Waals surface area contributed by atoms with Gasteiger partial charge in [-0.1, -0.05) is 265 Å². The molecule has 0 aromatic carbocycles. The molecular weight excluding hydrogens is 719 g/mol. The first kappa shape index (κ1) is 59.0. The van der Waals surface area contributed by atoms with E-state index >= 15 is 0 Å². The molecule has 0 aromatic rings. The van der Waals surface area contributed by atoms with Gasteiger partial charge in [-0.25, -0.2) is 0 Å². The molecule has 1 saturated heterocycles. The molecule has 0 radical (unpaired) electrons. The van der Waals surface area contributed by atoms with Gasteiger partial charge in [0, 0.05) is 13.1 Å². The number of carbonyl (C=O) groups is 2. The molecule has 1 rings (SSSR count). The topological polar surface area (TPSA) is 87.1 Å². The van der Waals surface area contributed by atoms with E-state index in [9.17, 15) is 0 Å². The Hall–Kier alpha value is -1.14. The summed E-state index contributed by atoms with van der Waals surface area (Å²) < 4.78 is 5.55. The van der Waals surface area contributed by atoms with Crippen molar-refractivity contribution in [1.29, 1.82) is 0 Å². The van der Waals surface area contributed by atoms with Crippen LogP contribution >= 0.6 is 0 Å². The van der Waals surface area contributed by atoms with Gasteiger partial charge in [-0.15, -0.1) is 0 Å². The van der Waals surface area contributed by atoms with Gasteiger partial charge in [-0.05, 0) is 30.7 Å². The molecule has 0 atom stereocenters. The molecule has 0 aromatic heterocycles. The minimum atomic E-state index is -0.250. The van der Waals surface area contributed by atoms with Crippen LogP contribution in [0.15, 0.2) is 0 Å². The number of morpholine rings is 1. The average Bonchev–Trinajstić information content (AvgIpc) is 3.22. The van der Waals surface area contributed by atoms with Crippen LogP contribution in [0.2, 0.25) is 0 Å². The minimum Gasteiger partial charge on any atom is -0.483 e. The molecule has 1 aliphatic rings. The minimum absolute atomic E-state index is 0.250. The van der Waals surface area contributed by atoms with E-state index in [0.717, 1.165) is 44.1 Å². The lowest BCUT2D eigenvalue weighted by Crippen LogP contribution is -2.36. The Bertz CT molecular complexity index is 692. The zero-order chi connectivity index (χ0) is 42.8. The van der Waals surface area contributed by atoms with Gasteiger partial charge in [0.25, 0.3) is 12.9 Å². The van der Waals surface area contributed by atoms with Gasteiger partial charge in [0.05, 0.1) is 13.2 Å². The molecule has 0 saturated carbocycles. The fourth-order valence-electron chi connectivity index (χ4n) is 9.30. The number of unbranched alkanes of at least 4 members (excludes halogenated alkanes) is 22. The molecule has 0 bridgehead atoms. The highest BCUT2D eigenvalue weighted by Gasteiger charge is 2.13. The lowest BCUT2D eigenvalue weighted by molar-refractivity contribution is -0.123. The van der Waals surface area contributed by atoms with Crippen molar-refractivity contribution in [3.05, 3.63) is 0 Å². The van der Waals surface area contributed by atoms with Crippen molar-refractivity contribution in [2.45, 2.75) is 272 Å². The van der Waals surface area contributed by atoms with E-state index in [-0.39, 0.29) is 12.9 Å². The van der Waals surface area contributed by atoms with E-state index in [2.05, 4.69) is 32.6 Å². The molecule has 1 fully saturated rings. The van der Waals surface area contributed by atoms with Gasteiger partial charge in [0.1, 0.15) is 0 Å². The monoisotopic (exact) mass is 824 g/mol. The number of ether oxygens (including phenoxy) is 1. The smallest absolute Gasteiger partial charge is 0.290 e. The number of carboxylic acid groups (broad SMARTS) is 2. The second kappa shape index (κ2) is 52.0. The first-order valence-corrected chi connectivity index (χ1v) is 26.0. The van der Waals surface area contributed by atoms with E-state index in [1.807, 2.05) is 0 Å². The molecule has 2 N–H and O–H groups in total. The van der Waals surface area contributed by atoms with E-state index < -0.39 is 0 Å². The van der Waals surface area contributed by atoms with Crippen LogP contribution in [-0.4, -0.2) is 60.9 Å². The number of hydrogen-bond acceptors (Lipinski definition) is 4. The van der Waals surface area contributed by atoms with Gasteiger partial charge in [0.15, 0.2) is 0 Å². The lowest BCUT2D eigenvalue weighted by atomic mass is 9.89. The highest BCUT2D eigenvalue weighted by atomic mass is 16.5. The highest BCUT2D eigenvalue weighted by molar-refractivity contribution is 5.33. The van der Waals surface area contributed by atoms with Crippen molar-refractivity contribution in [3.8, 4) is 0 Å². The molecule has 0 spiro atoms. The molecular formula is C52H105NO5. The standard InChI is InChI=1S/C50H101NO.2CH2O2/c1-5-9-24-34-48(35-25-10-6-2)38-28-19-15-13-17-21-30-40-50(42-32-23-33-43-51-44-46-52-47-45-51)41-31-22-18-14-16-20-29-39-49(36-26-11-7-3)37-27-12-8-4;2*2-1-3/h48-50H,5-47H2,1-4H3;2*1H,(H,2,3). The van der Waals surface area contributed by atoms with Crippen molar-refractivity contribution in [2.24, 2.45) is 17.8 Å². The summed E-state index contributed by atoms with van der Waals surface area (Å²) in [4.78, 5) is 19.3. The van der Waals surface area contributed by atoms with E-state index in [1.165, 1.54) is 251 Å². The molecule has 348 valence electrons. The predicted molar refractivity (Wildman–Crippen MR) is 253 cm³/mol. The Morgan fingerprint density at radius 1 is 0.379 bits per heavy atom. The molecule has 0 unspecified atom stereocenters. The maximum atomic E-state index is 8.36. The predicted octanol–water partition coefficient (Wildman–Crippen LogP) is 16.5. The summed E-state index contributed by atoms with van der Waals surface area (Å²) in [6.07, 6.45) is 55.9. The van der Waals surface area contributed by atoms with E-state index in [4.69, 9.17) is 24.5 Å². The van der Waals surface area contributed by atoms with Crippen LogP contribution in [0.25, 0.3) is 0 Å². The normalized spacial score (nSPS) is 13.1. The van der Waals surface area contributed by atoms with Crippen LogP contribution in [-0.2, 0) is 14.3 Å². The summed E-state index contributed by atoms with van der Waals surface area (Å²) in [6.45, 7) is 14.4. The van der Waals surface area contributed by atoms with Crippen LogP contribution < -0.4 is 0 Å². The first-order valence-electron chi connectivity index (χ1n) is 26.0. The number of rotatable bonds is 42. The Balaban J connectivity index is 0. The highest BCUT2D eigenvalue weighted by Crippen LogP contribution is 2.27. The zero-order valence-electron chi connectivity index (χ0n) is 39.9. The third-order valence-corrected chi connectivity index (χ3v) is 13.0. The lowest BCUT2D eigenvalue weighted by Gasteiger charge is -2.26. The molecule has 6 nitrogen and oxygen atoms in total. The van der Waals surface area contributed by atoms with Crippen LogP contribution in [0.3, 0.4) is 0 Å². The Kier molecular flexibility index (Phi) is 52.9. The van der Waals surface area contributed by atoms with Gasteiger partial charge in [-0.3, -0.25) is 14.5 Å². The van der Waals surface area contributed by atoms with Crippen molar-refractivity contribution in [3.63, 3.8) is 0 Å². The maximum absolute atomic E-state index is 8.36. The summed E-state index contributed by atoms with van der Waals surface area (Å²) >= 11 is 0. The Labute approximate surface area is 363 Å². The summed E-state index contributed by atoms with van der Waals surface area (Å²) in [5.41, 5.74) is 0. The second-order valence-corrected chi connectivity index (χ2v) is 18.2. The average molecular weight is 824 g/mol. The van der Waals surface area contributed by atoms with Crippen molar-refractivity contribution < 1.29 is 24.5 Å². The zero-order valence-corrected chi connectivity index (χ0v) is 39.9. The summed E-state index contributed by atoms with van der Waals surface area (Å²) in [6, 6.07) is 0. The summed E-state index contributed by atoms with van der Waals surface area (Å²) in [5.74, 6) is 3.05. The number of hydrogen-bond donors (Lipinski definition) is 2. The van der Waals surface area contributed by atoms with Gasteiger partial charge >= 0.3 is 0 Å². The fraction of sp³-hybridized carbons (Fsp3) is 0.962. The molecule has 58 heavy (non-hydrogen) atoms. The second-order valence-electron chi connectivity index (χ2n) is 18.2. The third-order valence-electron chi connectivity index (χ3n) is 13.0. The first-order chi connectivity index (χ1) is 28.6. The van der Waals surface area contributed by atoms with Gasteiger partial charge < -0.3 is 14.9 Å². The van der Waals surface area contributed by atoms with Crippen LogP contribution in [0.4, 0.5) is 0 Å². The maximum Gasteiger partial charge on any atom is 0.290 e. The molecule has 1 aliphatic heterocycles. The van der Waals surface area contributed by atoms with E-state index in [0.29, 0.717) is 0 Å². The summed E-state index contributed by atoms with van der Waals surface area (Å²) in [5, 5.41) is 13.8. The largest absolute Gasteiger partial charge is 0.483 e. The Morgan fingerprint density at radius 3 is 0.828 bits per heavy atom. The Morgan fingerprint density at radius 2 is 0.586 bits per heavy atom.